The van der Waals surface area contributed by atoms with E-state index in [2.05, 4.69) is 25.8 Å². The molecule has 2 atom stereocenters. The number of methoxy groups -OCH3 is 2. The molecule has 4 heterocycles. The van der Waals surface area contributed by atoms with Gasteiger partial charge in [-0.2, -0.15) is 9.97 Å². The molecule has 4 aromatic rings. The van der Waals surface area contributed by atoms with E-state index in [-0.39, 0.29) is 58.4 Å². The van der Waals surface area contributed by atoms with E-state index in [1.807, 2.05) is 0 Å². The lowest BCUT2D eigenvalue weighted by Crippen LogP contribution is -2.43. The number of rotatable bonds is 9. The molecule has 0 bridgehead atoms. The van der Waals surface area contributed by atoms with Gasteiger partial charge >= 0.3 is 6.01 Å². The minimum Gasteiger partial charge on any atom is -0.480 e. The molecule has 2 aromatic carbocycles. The quantitative estimate of drug-likeness (QED) is 0.190. The smallest absolute Gasteiger partial charge is 0.319 e. The number of benzene rings is 2. The average Bonchev–Trinajstić information content (AvgIpc) is 3.54. The summed E-state index contributed by atoms with van der Waals surface area (Å²) in [5, 5.41) is 0.994. The predicted molar refractivity (Wildman–Crippen MR) is 160 cm³/mol. The van der Waals surface area contributed by atoms with Crippen molar-refractivity contribution in [2.45, 2.75) is 31.0 Å². The molecule has 0 unspecified atom stereocenters. The topological polar surface area (TPSA) is 82.1 Å². The molecule has 12 heteroatoms. The second kappa shape index (κ2) is 11.6. The second-order valence-electron chi connectivity index (χ2n) is 11.3. The molecule has 2 fully saturated rings. The van der Waals surface area contributed by atoms with Crippen molar-refractivity contribution in [1.82, 2.24) is 19.9 Å². The van der Waals surface area contributed by atoms with E-state index >= 15 is 4.39 Å². The Balaban J connectivity index is 1.55. The summed E-state index contributed by atoms with van der Waals surface area (Å²) in [5.41, 5.74) is -0.639. The van der Waals surface area contributed by atoms with Crippen LogP contribution in [-0.4, -0.2) is 86.4 Å². The van der Waals surface area contributed by atoms with Crippen LogP contribution in [0.4, 0.5) is 19.0 Å². The zero-order chi connectivity index (χ0) is 31.2. The van der Waals surface area contributed by atoms with Gasteiger partial charge in [0.2, 0.25) is 5.88 Å². The molecule has 9 nitrogen and oxygen atoms in total. The number of anilines is 1. The molecular weight excluding hydrogens is 575 g/mol. The standard InChI is InChI=1S/C32H32F3N5O4/c1-6-21-23(34)9-8-18-12-20(44-17-41-4)13-22(24(18)21)27-26(35)28-25(30(36-27)42-5)29(39(2)3)38-31(37-28)43-16-32-10-7-11-40(32)15-19(33)14-32/h1,8-9,12-13,19H,7,10-11,14-17H2,2-5H3/t19-,32+/m1/s1. The van der Waals surface area contributed by atoms with Gasteiger partial charge in [-0.05, 0) is 43.0 Å². The van der Waals surface area contributed by atoms with E-state index in [4.69, 9.17) is 25.4 Å². The molecule has 0 saturated carbocycles. The highest BCUT2D eigenvalue weighted by atomic mass is 19.1. The number of pyridine rings is 1. The summed E-state index contributed by atoms with van der Waals surface area (Å²) >= 11 is 0. The van der Waals surface area contributed by atoms with Crippen LogP contribution in [0.3, 0.4) is 0 Å². The molecule has 0 spiro atoms. The highest BCUT2D eigenvalue weighted by molar-refractivity contribution is 6.04. The van der Waals surface area contributed by atoms with Gasteiger partial charge in [-0.1, -0.05) is 12.0 Å². The van der Waals surface area contributed by atoms with Crippen molar-refractivity contribution in [1.29, 1.82) is 0 Å². The maximum absolute atomic E-state index is 16.8. The lowest BCUT2D eigenvalue weighted by molar-refractivity contribution is 0.0512. The van der Waals surface area contributed by atoms with Crippen LogP contribution >= 0.6 is 0 Å². The van der Waals surface area contributed by atoms with Crippen molar-refractivity contribution < 1.29 is 32.1 Å². The van der Waals surface area contributed by atoms with Crippen molar-refractivity contribution in [3.05, 3.63) is 41.5 Å². The Bertz CT molecular complexity index is 1800. The number of alkyl halides is 1. The monoisotopic (exact) mass is 607 g/mol. The van der Waals surface area contributed by atoms with E-state index in [0.717, 1.165) is 19.4 Å². The highest BCUT2D eigenvalue weighted by Gasteiger charge is 2.49. The van der Waals surface area contributed by atoms with Crippen LogP contribution in [-0.2, 0) is 4.74 Å². The summed E-state index contributed by atoms with van der Waals surface area (Å²) < 4.78 is 68.6. The van der Waals surface area contributed by atoms with Crippen molar-refractivity contribution >= 4 is 27.5 Å². The van der Waals surface area contributed by atoms with Gasteiger partial charge in [-0.15, -0.1) is 6.42 Å². The van der Waals surface area contributed by atoms with Crippen LogP contribution < -0.4 is 19.1 Å². The lowest BCUT2D eigenvalue weighted by atomic mass is 9.95. The van der Waals surface area contributed by atoms with Crippen LogP contribution in [0.15, 0.2) is 24.3 Å². The Morgan fingerprint density at radius 3 is 2.66 bits per heavy atom. The first-order chi connectivity index (χ1) is 21.2. The molecule has 2 saturated heterocycles. The first-order valence-corrected chi connectivity index (χ1v) is 14.2. The number of hydrogen-bond donors (Lipinski definition) is 0. The predicted octanol–water partition coefficient (Wildman–Crippen LogP) is 5.12. The molecule has 230 valence electrons. The van der Waals surface area contributed by atoms with Gasteiger partial charge in [0.05, 0.1) is 18.2 Å². The molecule has 0 amide bonds. The Hall–Kier alpha value is -4.34. The number of fused-ring (bicyclic) bond motifs is 3. The molecule has 2 aliphatic heterocycles. The first-order valence-electron chi connectivity index (χ1n) is 14.2. The highest BCUT2D eigenvalue weighted by Crippen LogP contribution is 2.43. The fourth-order valence-electron chi connectivity index (χ4n) is 6.42. The number of terminal acetylenes is 1. The van der Waals surface area contributed by atoms with Gasteiger partial charge in [-0.25, -0.2) is 18.2 Å². The summed E-state index contributed by atoms with van der Waals surface area (Å²) in [6, 6.07) is 5.88. The minimum absolute atomic E-state index is 0.0401. The first kappa shape index (κ1) is 29.7. The average molecular weight is 608 g/mol. The zero-order valence-electron chi connectivity index (χ0n) is 24.9. The maximum atomic E-state index is 16.8. The van der Waals surface area contributed by atoms with Crippen molar-refractivity contribution in [3.63, 3.8) is 0 Å². The van der Waals surface area contributed by atoms with Crippen LogP contribution in [0, 0.1) is 24.0 Å². The Morgan fingerprint density at radius 1 is 1.11 bits per heavy atom. The van der Waals surface area contributed by atoms with Crippen molar-refractivity contribution in [3.8, 4) is 41.2 Å². The molecule has 2 aromatic heterocycles. The van der Waals surface area contributed by atoms with Gasteiger partial charge in [0.1, 0.15) is 46.8 Å². The third-order valence-corrected chi connectivity index (χ3v) is 8.34. The van der Waals surface area contributed by atoms with Gasteiger partial charge in [0.15, 0.2) is 12.6 Å². The van der Waals surface area contributed by atoms with E-state index < -0.39 is 23.3 Å². The zero-order valence-corrected chi connectivity index (χ0v) is 24.9. The minimum atomic E-state index is -0.930. The third-order valence-electron chi connectivity index (χ3n) is 8.34. The van der Waals surface area contributed by atoms with Gasteiger partial charge < -0.3 is 23.8 Å². The summed E-state index contributed by atoms with van der Waals surface area (Å²) in [7, 11) is 6.35. The Labute approximate surface area is 252 Å². The third kappa shape index (κ3) is 5.00. The van der Waals surface area contributed by atoms with Gasteiger partial charge in [0.25, 0.3) is 0 Å². The molecule has 44 heavy (non-hydrogen) atoms. The number of aromatic nitrogens is 3. The maximum Gasteiger partial charge on any atom is 0.319 e. The number of nitrogens with zero attached hydrogens (tertiary/aromatic N) is 5. The summed E-state index contributed by atoms with van der Waals surface area (Å²) in [5.74, 6) is 1.61. The molecule has 0 aliphatic carbocycles. The van der Waals surface area contributed by atoms with Crippen molar-refractivity contribution in [2.24, 2.45) is 0 Å². The molecule has 0 N–H and O–H groups in total. The van der Waals surface area contributed by atoms with Crippen LogP contribution in [0.25, 0.3) is 32.9 Å². The number of hydrogen-bond acceptors (Lipinski definition) is 9. The fourth-order valence-corrected chi connectivity index (χ4v) is 6.42. The van der Waals surface area contributed by atoms with E-state index in [0.29, 0.717) is 29.9 Å². The molecule has 2 aliphatic rings. The van der Waals surface area contributed by atoms with E-state index in [9.17, 15) is 8.78 Å². The number of ether oxygens (including phenoxy) is 4. The van der Waals surface area contributed by atoms with Crippen LogP contribution in [0.5, 0.6) is 17.6 Å². The Morgan fingerprint density at radius 2 is 1.93 bits per heavy atom. The lowest BCUT2D eigenvalue weighted by Gasteiger charge is -2.31. The molecular formula is C32H32F3N5O4. The number of halogens is 3. The van der Waals surface area contributed by atoms with E-state index in [1.165, 1.54) is 32.4 Å². The fraction of sp³-hybridized carbons (Fsp3) is 0.406. The van der Waals surface area contributed by atoms with Gasteiger partial charge in [-0.3, -0.25) is 4.90 Å². The molecule has 0 radical (unpaired) electrons. The molecule has 6 rings (SSSR count). The Kier molecular flexibility index (Phi) is 7.86. The summed E-state index contributed by atoms with van der Waals surface area (Å²) in [6.45, 7) is 1.25. The SMILES string of the molecule is C#Cc1c(F)ccc2cc(OCOC)cc(-c3nc(OC)c4c(N(C)C)nc(OC[C@@]56CCCN5C[C@H](F)C6)nc4c3F)c12. The largest absolute Gasteiger partial charge is 0.480 e. The van der Waals surface area contributed by atoms with E-state index in [1.54, 1.807) is 25.1 Å². The van der Waals surface area contributed by atoms with Crippen molar-refractivity contribution in [2.75, 3.05) is 59.7 Å². The second-order valence-corrected chi connectivity index (χ2v) is 11.3. The van der Waals surface area contributed by atoms with Crippen LogP contribution in [0.2, 0.25) is 0 Å². The van der Waals surface area contributed by atoms with Crippen LogP contribution in [0.1, 0.15) is 24.8 Å². The summed E-state index contributed by atoms with van der Waals surface area (Å²) in [6.07, 6.45) is 6.89. The summed E-state index contributed by atoms with van der Waals surface area (Å²) in [4.78, 5) is 17.4. The van der Waals surface area contributed by atoms with Gasteiger partial charge in [0, 0.05) is 45.1 Å². The normalized spacial score (nSPS) is 19.7.